The van der Waals surface area contributed by atoms with Gasteiger partial charge in [-0.15, -0.1) is 0 Å². The SMILES string of the molecule is CCCNCCNC(=O)c1ccccc1NS(C)(=O)=O. The van der Waals surface area contributed by atoms with E-state index in [1.54, 1.807) is 24.3 Å². The van der Waals surface area contributed by atoms with Crippen LogP contribution >= 0.6 is 0 Å². The minimum atomic E-state index is -3.41. The molecule has 0 spiro atoms. The Hall–Kier alpha value is -1.60. The predicted molar refractivity (Wildman–Crippen MR) is 80.4 cm³/mol. The quantitative estimate of drug-likeness (QED) is 0.619. The van der Waals surface area contributed by atoms with E-state index in [-0.39, 0.29) is 11.6 Å². The lowest BCUT2D eigenvalue weighted by Crippen LogP contribution is -2.32. The molecule has 3 N–H and O–H groups in total. The van der Waals surface area contributed by atoms with Gasteiger partial charge in [0.1, 0.15) is 0 Å². The van der Waals surface area contributed by atoms with Crippen molar-refractivity contribution >= 4 is 21.6 Å². The number of rotatable bonds is 8. The zero-order valence-corrected chi connectivity index (χ0v) is 12.6. The number of benzene rings is 1. The van der Waals surface area contributed by atoms with E-state index >= 15 is 0 Å². The molecule has 20 heavy (non-hydrogen) atoms. The van der Waals surface area contributed by atoms with Gasteiger partial charge in [-0.1, -0.05) is 19.1 Å². The summed E-state index contributed by atoms with van der Waals surface area (Å²) in [6, 6.07) is 6.51. The summed E-state index contributed by atoms with van der Waals surface area (Å²) in [5, 5.41) is 5.92. The number of carbonyl (C=O) groups excluding carboxylic acids is 1. The molecule has 0 heterocycles. The molecule has 1 aromatic carbocycles. The average molecular weight is 299 g/mol. The second-order valence-corrected chi connectivity index (χ2v) is 6.17. The van der Waals surface area contributed by atoms with Crippen LogP contribution in [0.3, 0.4) is 0 Å². The number of amides is 1. The lowest BCUT2D eigenvalue weighted by atomic mass is 10.1. The van der Waals surface area contributed by atoms with E-state index in [1.165, 1.54) is 0 Å². The number of para-hydroxylation sites is 1. The molecule has 0 radical (unpaired) electrons. The van der Waals surface area contributed by atoms with Crippen molar-refractivity contribution in [2.24, 2.45) is 0 Å². The lowest BCUT2D eigenvalue weighted by Gasteiger charge is -2.11. The monoisotopic (exact) mass is 299 g/mol. The number of carbonyl (C=O) groups is 1. The van der Waals surface area contributed by atoms with Gasteiger partial charge in [-0.25, -0.2) is 8.42 Å². The first-order chi connectivity index (χ1) is 9.44. The van der Waals surface area contributed by atoms with Gasteiger partial charge in [0.2, 0.25) is 10.0 Å². The Morgan fingerprint density at radius 2 is 1.85 bits per heavy atom. The van der Waals surface area contributed by atoms with Crippen molar-refractivity contribution in [3.63, 3.8) is 0 Å². The Labute approximate surface area is 120 Å². The summed E-state index contributed by atoms with van der Waals surface area (Å²) >= 11 is 0. The normalized spacial score (nSPS) is 11.1. The number of anilines is 1. The second kappa shape index (κ2) is 7.86. The van der Waals surface area contributed by atoms with Crippen LogP contribution in [0.1, 0.15) is 23.7 Å². The standard InChI is InChI=1S/C13H21N3O3S/c1-3-8-14-9-10-15-13(17)11-6-4-5-7-12(11)16-20(2,18)19/h4-7,14,16H,3,8-10H2,1-2H3,(H,15,17). The van der Waals surface area contributed by atoms with Gasteiger partial charge in [0.05, 0.1) is 17.5 Å². The van der Waals surface area contributed by atoms with Gasteiger partial charge in [0.25, 0.3) is 5.91 Å². The van der Waals surface area contributed by atoms with Gasteiger partial charge < -0.3 is 10.6 Å². The Kier molecular flexibility index (Phi) is 6.47. The maximum atomic E-state index is 12.0. The molecule has 1 amide bonds. The van der Waals surface area contributed by atoms with Gasteiger partial charge in [-0.2, -0.15) is 0 Å². The van der Waals surface area contributed by atoms with Crippen molar-refractivity contribution in [3.05, 3.63) is 29.8 Å². The van der Waals surface area contributed by atoms with E-state index in [0.717, 1.165) is 19.2 Å². The van der Waals surface area contributed by atoms with E-state index in [2.05, 4.69) is 22.3 Å². The number of hydrogen-bond acceptors (Lipinski definition) is 4. The third-order valence-corrected chi connectivity index (χ3v) is 3.07. The largest absolute Gasteiger partial charge is 0.351 e. The van der Waals surface area contributed by atoms with Gasteiger partial charge in [-0.05, 0) is 25.1 Å². The average Bonchev–Trinajstić information content (AvgIpc) is 2.37. The molecule has 7 heteroatoms. The molecular formula is C13H21N3O3S. The highest BCUT2D eigenvalue weighted by Crippen LogP contribution is 2.15. The van der Waals surface area contributed by atoms with Crippen molar-refractivity contribution < 1.29 is 13.2 Å². The molecule has 0 fully saturated rings. The Morgan fingerprint density at radius 1 is 1.15 bits per heavy atom. The maximum absolute atomic E-state index is 12.0. The predicted octanol–water partition coefficient (Wildman–Crippen LogP) is 0.787. The molecule has 6 nitrogen and oxygen atoms in total. The first-order valence-electron chi connectivity index (χ1n) is 6.49. The van der Waals surface area contributed by atoms with Crippen molar-refractivity contribution in [1.29, 1.82) is 0 Å². The molecule has 0 bridgehead atoms. The van der Waals surface area contributed by atoms with Gasteiger partial charge >= 0.3 is 0 Å². The van der Waals surface area contributed by atoms with Crippen LogP contribution in [0.15, 0.2) is 24.3 Å². The fraction of sp³-hybridized carbons (Fsp3) is 0.462. The summed E-state index contributed by atoms with van der Waals surface area (Å²) in [4.78, 5) is 12.0. The number of sulfonamides is 1. The van der Waals surface area contributed by atoms with Crippen LogP contribution in [0.4, 0.5) is 5.69 Å². The smallest absolute Gasteiger partial charge is 0.253 e. The van der Waals surface area contributed by atoms with E-state index in [0.29, 0.717) is 18.7 Å². The van der Waals surface area contributed by atoms with Crippen molar-refractivity contribution in [2.45, 2.75) is 13.3 Å². The molecule has 0 unspecified atom stereocenters. The molecule has 0 aliphatic carbocycles. The van der Waals surface area contributed by atoms with E-state index in [4.69, 9.17) is 0 Å². The first-order valence-corrected chi connectivity index (χ1v) is 8.39. The van der Waals surface area contributed by atoms with Crippen molar-refractivity contribution in [3.8, 4) is 0 Å². The fourth-order valence-electron chi connectivity index (χ4n) is 1.63. The highest BCUT2D eigenvalue weighted by atomic mass is 32.2. The topological polar surface area (TPSA) is 87.3 Å². The summed E-state index contributed by atoms with van der Waals surface area (Å²) in [5.41, 5.74) is 0.599. The van der Waals surface area contributed by atoms with Crippen molar-refractivity contribution in [2.75, 3.05) is 30.6 Å². The summed E-state index contributed by atoms with van der Waals surface area (Å²) in [7, 11) is -3.41. The molecule has 0 saturated carbocycles. The van der Waals surface area contributed by atoms with Gasteiger partial charge in [0.15, 0.2) is 0 Å². The second-order valence-electron chi connectivity index (χ2n) is 4.43. The van der Waals surface area contributed by atoms with Crippen LogP contribution < -0.4 is 15.4 Å². The fourth-order valence-corrected chi connectivity index (χ4v) is 2.21. The van der Waals surface area contributed by atoms with E-state index < -0.39 is 10.0 Å². The number of nitrogens with one attached hydrogen (secondary N) is 3. The van der Waals surface area contributed by atoms with Crippen LogP contribution in [0.2, 0.25) is 0 Å². The highest BCUT2D eigenvalue weighted by Gasteiger charge is 2.12. The van der Waals surface area contributed by atoms with Gasteiger partial charge in [0, 0.05) is 13.1 Å². The molecule has 0 aliphatic rings. The van der Waals surface area contributed by atoms with E-state index in [1.807, 2.05) is 0 Å². The summed E-state index contributed by atoms with van der Waals surface area (Å²) < 4.78 is 24.8. The Morgan fingerprint density at radius 3 is 2.50 bits per heavy atom. The summed E-state index contributed by atoms with van der Waals surface area (Å²) in [5.74, 6) is -0.296. The number of hydrogen-bond donors (Lipinski definition) is 3. The molecule has 0 aliphatic heterocycles. The molecular weight excluding hydrogens is 278 g/mol. The van der Waals surface area contributed by atoms with Gasteiger partial charge in [-0.3, -0.25) is 9.52 Å². The zero-order valence-electron chi connectivity index (χ0n) is 11.8. The van der Waals surface area contributed by atoms with Crippen LogP contribution in [0, 0.1) is 0 Å². The summed E-state index contributed by atoms with van der Waals surface area (Å²) in [6.45, 7) is 4.15. The maximum Gasteiger partial charge on any atom is 0.253 e. The molecule has 0 saturated heterocycles. The van der Waals surface area contributed by atoms with Crippen LogP contribution in [0.5, 0.6) is 0 Å². The minimum absolute atomic E-state index is 0.286. The van der Waals surface area contributed by atoms with E-state index in [9.17, 15) is 13.2 Å². The first kappa shape index (κ1) is 16.5. The molecule has 1 rings (SSSR count). The van der Waals surface area contributed by atoms with Crippen LogP contribution in [-0.4, -0.2) is 40.2 Å². The van der Waals surface area contributed by atoms with Crippen LogP contribution in [-0.2, 0) is 10.0 Å². The zero-order chi connectivity index (χ0) is 15.0. The molecule has 1 aromatic rings. The molecule has 0 atom stereocenters. The Bertz CT molecular complexity index is 544. The third kappa shape index (κ3) is 6.03. The minimum Gasteiger partial charge on any atom is -0.351 e. The summed E-state index contributed by atoms with van der Waals surface area (Å²) in [6.07, 6.45) is 2.09. The highest BCUT2D eigenvalue weighted by molar-refractivity contribution is 7.92. The third-order valence-electron chi connectivity index (χ3n) is 2.48. The molecule has 112 valence electrons. The Balaban J connectivity index is 2.63. The van der Waals surface area contributed by atoms with Crippen LogP contribution in [0.25, 0.3) is 0 Å². The molecule has 0 aromatic heterocycles. The van der Waals surface area contributed by atoms with Crippen molar-refractivity contribution in [1.82, 2.24) is 10.6 Å². The lowest BCUT2D eigenvalue weighted by molar-refractivity contribution is 0.0955.